The van der Waals surface area contributed by atoms with Crippen LogP contribution in [0.3, 0.4) is 0 Å². The van der Waals surface area contributed by atoms with Gasteiger partial charge in [-0.3, -0.25) is 4.79 Å². The van der Waals surface area contributed by atoms with E-state index in [9.17, 15) is 4.79 Å². The van der Waals surface area contributed by atoms with Crippen molar-refractivity contribution in [3.63, 3.8) is 0 Å². The van der Waals surface area contributed by atoms with Gasteiger partial charge in [0.1, 0.15) is 6.29 Å². The van der Waals surface area contributed by atoms with E-state index in [1.165, 1.54) is 0 Å². The highest BCUT2D eigenvalue weighted by molar-refractivity contribution is 6.74. The van der Waals surface area contributed by atoms with Gasteiger partial charge in [0.15, 0.2) is 8.32 Å². The molecular formula is C14H23NO2Si. The zero-order valence-electron chi connectivity index (χ0n) is 11.9. The van der Waals surface area contributed by atoms with E-state index in [2.05, 4.69) is 33.9 Å². The van der Waals surface area contributed by atoms with Crippen LogP contribution in [-0.4, -0.2) is 14.6 Å². The van der Waals surface area contributed by atoms with Crippen LogP contribution in [0.1, 0.15) is 36.7 Å². The van der Waals surface area contributed by atoms with Gasteiger partial charge in [0, 0.05) is 11.3 Å². The SMILES string of the molecule is CC(C)(C)[Si](C)(C)OCc1cc(N)ccc1C=O. The number of rotatable bonds is 4. The van der Waals surface area contributed by atoms with E-state index in [1.807, 2.05) is 6.07 Å². The third-order valence-corrected chi connectivity index (χ3v) is 8.17. The van der Waals surface area contributed by atoms with Crippen LogP contribution in [0.5, 0.6) is 0 Å². The molecule has 0 saturated heterocycles. The Labute approximate surface area is 110 Å². The maximum Gasteiger partial charge on any atom is 0.192 e. The van der Waals surface area contributed by atoms with E-state index < -0.39 is 8.32 Å². The monoisotopic (exact) mass is 265 g/mol. The molecule has 0 bridgehead atoms. The van der Waals surface area contributed by atoms with E-state index in [4.69, 9.17) is 10.2 Å². The number of nitrogens with two attached hydrogens (primary N) is 1. The molecule has 100 valence electrons. The van der Waals surface area contributed by atoms with Gasteiger partial charge in [-0.1, -0.05) is 20.8 Å². The van der Waals surface area contributed by atoms with Crippen LogP contribution in [0.2, 0.25) is 18.1 Å². The fraction of sp³-hybridized carbons (Fsp3) is 0.500. The maximum atomic E-state index is 11.0. The highest BCUT2D eigenvalue weighted by Gasteiger charge is 2.37. The molecule has 0 aliphatic carbocycles. The van der Waals surface area contributed by atoms with Crippen LogP contribution in [0.25, 0.3) is 0 Å². The summed E-state index contributed by atoms with van der Waals surface area (Å²) in [7, 11) is -1.80. The van der Waals surface area contributed by atoms with Gasteiger partial charge < -0.3 is 10.2 Å². The van der Waals surface area contributed by atoms with Gasteiger partial charge in [-0.2, -0.15) is 0 Å². The fourth-order valence-corrected chi connectivity index (χ4v) is 2.29. The second-order valence-corrected chi connectivity index (χ2v) is 10.9. The van der Waals surface area contributed by atoms with Gasteiger partial charge in [0.05, 0.1) is 6.61 Å². The standard InChI is InChI=1S/C14H23NO2Si/c1-14(2,3)18(4,5)17-10-12-8-13(15)7-6-11(12)9-16/h6-9H,10,15H2,1-5H3. The average molecular weight is 265 g/mol. The molecule has 0 amide bonds. The van der Waals surface area contributed by atoms with Crippen LogP contribution >= 0.6 is 0 Å². The molecule has 1 aromatic rings. The molecule has 0 heterocycles. The van der Waals surface area contributed by atoms with Crippen molar-refractivity contribution in [2.24, 2.45) is 0 Å². The summed E-state index contributed by atoms with van der Waals surface area (Å²) in [6, 6.07) is 5.29. The third-order valence-electron chi connectivity index (χ3n) is 3.69. The zero-order chi connectivity index (χ0) is 14.0. The molecule has 0 atom stereocenters. The second kappa shape index (κ2) is 5.24. The summed E-state index contributed by atoms with van der Waals surface area (Å²) in [5.41, 5.74) is 7.93. The first-order valence-corrected chi connectivity index (χ1v) is 9.06. The third kappa shape index (κ3) is 3.43. The molecule has 3 nitrogen and oxygen atoms in total. The lowest BCUT2D eigenvalue weighted by molar-refractivity contribution is 0.112. The number of nitrogen functional groups attached to an aromatic ring is 1. The van der Waals surface area contributed by atoms with E-state index >= 15 is 0 Å². The van der Waals surface area contributed by atoms with Crippen LogP contribution < -0.4 is 5.73 Å². The number of aldehydes is 1. The van der Waals surface area contributed by atoms with Gasteiger partial charge >= 0.3 is 0 Å². The molecule has 18 heavy (non-hydrogen) atoms. The van der Waals surface area contributed by atoms with Crippen LogP contribution in [0.4, 0.5) is 5.69 Å². The normalized spacial score (nSPS) is 12.5. The number of hydrogen-bond acceptors (Lipinski definition) is 3. The van der Waals surface area contributed by atoms with Gasteiger partial charge in [-0.15, -0.1) is 0 Å². The Morgan fingerprint density at radius 1 is 1.33 bits per heavy atom. The van der Waals surface area contributed by atoms with Crippen molar-refractivity contribution in [1.82, 2.24) is 0 Å². The summed E-state index contributed by atoms with van der Waals surface area (Å²) in [4.78, 5) is 11.0. The molecule has 4 heteroatoms. The van der Waals surface area contributed by atoms with Crippen molar-refractivity contribution in [2.45, 2.75) is 45.5 Å². The molecule has 0 spiro atoms. The van der Waals surface area contributed by atoms with Crippen LogP contribution in [0, 0.1) is 0 Å². The topological polar surface area (TPSA) is 52.3 Å². The first kappa shape index (κ1) is 14.9. The number of benzene rings is 1. The highest BCUT2D eigenvalue weighted by Crippen LogP contribution is 2.37. The van der Waals surface area contributed by atoms with Crippen LogP contribution in [0.15, 0.2) is 18.2 Å². The van der Waals surface area contributed by atoms with E-state index in [0.29, 0.717) is 17.9 Å². The molecule has 0 aliphatic heterocycles. The lowest BCUT2D eigenvalue weighted by Gasteiger charge is -2.36. The van der Waals surface area contributed by atoms with Crippen molar-refractivity contribution in [3.05, 3.63) is 29.3 Å². The van der Waals surface area contributed by atoms with E-state index in [1.54, 1.807) is 12.1 Å². The molecule has 1 rings (SSSR count). The largest absolute Gasteiger partial charge is 0.413 e. The predicted octanol–water partition coefficient (Wildman–Crippen LogP) is 3.60. The van der Waals surface area contributed by atoms with Crippen molar-refractivity contribution in [3.8, 4) is 0 Å². The minimum absolute atomic E-state index is 0.161. The first-order valence-electron chi connectivity index (χ1n) is 6.15. The minimum atomic E-state index is -1.80. The molecule has 1 aromatic carbocycles. The quantitative estimate of drug-likeness (QED) is 0.514. The Morgan fingerprint density at radius 2 is 1.94 bits per heavy atom. The molecular weight excluding hydrogens is 242 g/mol. The summed E-state index contributed by atoms with van der Waals surface area (Å²) >= 11 is 0. The van der Waals surface area contributed by atoms with Crippen molar-refractivity contribution < 1.29 is 9.22 Å². The zero-order valence-corrected chi connectivity index (χ0v) is 12.9. The number of anilines is 1. The minimum Gasteiger partial charge on any atom is -0.413 e. The predicted molar refractivity (Wildman–Crippen MR) is 78.2 cm³/mol. The maximum absolute atomic E-state index is 11.0. The molecule has 2 N–H and O–H groups in total. The number of carbonyl (C=O) groups excluding carboxylic acids is 1. The summed E-state index contributed by atoms with van der Waals surface area (Å²) in [6.45, 7) is 11.4. The summed E-state index contributed by atoms with van der Waals surface area (Å²) < 4.78 is 6.10. The molecule has 0 unspecified atom stereocenters. The first-order chi connectivity index (χ1) is 8.17. The highest BCUT2D eigenvalue weighted by atomic mass is 28.4. The summed E-state index contributed by atoms with van der Waals surface area (Å²) in [5.74, 6) is 0. The fourth-order valence-electron chi connectivity index (χ4n) is 1.34. The average Bonchev–Trinajstić information content (AvgIpc) is 2.25. The van der Waals surface area contributed by atoms with Gasteiger partial charge in [-0.25, -0.2) is 0 Å². The van der Waals surface area contributed by atoms with Gasteiger partial charge in [0.25, 0.3) is 0 Å². The second-order valence-electron chi connectivity index (χ2n) is 6.13. The Bertz CT molecular complexity index is 436. The molecule has 0 radical (unpaired) electrons. The lowest BCUT2D eigenvalue weighted by atomic mass is 10.1. The molecule has 0 aliphatic rings. The molecule has 0 saturated carbocycles. The Hall–Kier alpha value is -1.13. The number of carbonyl (C=O) groups is 1. The Balaban J connectivity index is 2.87. The summed E-state index contributed by atoms with van der Waals surface area (Å²) in [5, 5.41) is 0.161. The van der Waals surface area contributed by atoms with Gasteiger partial charge in [0.2, 0.25) is 0 Å². The van der Waals surface area contributed by atoms with E-state index in [-0.39, 0.29) is 5.04 Å². The molecule has 0 aromatic heterocycles. The van der Waals surface area contributed by atoms with Crippen molar-refractivity contribution >= 4 is 20.3 Å². The van der Waals surface area contributed by atoms with Crippen molar-refractivity contribution in [1.29, 1.82) is 0 Å². The lowest BCUT2D eigenvalue weighted by Crippen LogP contribution is -2.40. The van der Waals surface area contributed by atoms with E-state index in [0.717, 1.165) is 11.8 Å². The Morgan fingerprint density at radius 3 is 2.44 bits per heavy atom. The smallest absolute Gasteiger partial charge is 0.192 e. The van der Waals surface area contributed by atoms with Crippen molar-refractivity contribution in [2.75, 3.05) is 5.73 Å². The van der Waals surface area contributed by atoms with Crippen LogP contribution in [-0.2, 0) is 11.0 Å². The summed E-state index contributed by atoms with van der Waals surface area (Å²) in [6.07, 6.45) is 0.851. The number of hydrogen-bond donors (Lipinski definition) is 1. The molecule has 0 fully saturated rings. The Kier molecular flexibility index (Phi) is 4.35. The van der Waals surface area contributed by atoms with Gasteiger partial charge in [-0.05, 0) is 41.9 Å².